The molecule has 1 aliphatic carbocycles. The monoisotopic (exact) mass is 518 g/mol. The number of carbonyl (C=O) groups is 1. The fourth-order valence-corrected chi connectivity index (χ4v) is 6.38. The van der Waals surface area contributed by atoms with Crippen LogP contribution in [-0.2, 0) is 23.8 Å². The molecule has 1 atom stereocenters. The summed E-state index contributed by atoms with van der Waals surface area (Å²) in [5.74, 6) is -2.14. The molecule has 182 valence electrons. The second kappa shape index (κ2) is 9.87. The first kappa shape index (κ1) is 25.0. The summed E-state index contributed by atoms with van der Waals surface area (Å²) in [4.78, 5) is 32.4. The van der Waals surface area contributed by atoms with Crippen LogP contribution in [0.3, 0.4) is 0 Å². The molecule has 2 heterocycles. The smallest absolute Gasteiger partial charge is 0.401 e. The van der Waals surface area contributed by atoms with Gasteiger partial charge in [0.05, 0.1) is 28.5 Å². The van der Waals surface area contributed by atoms with E-state index < -0.39 is 29.0 Å². The van der Waals surface area contributed by atoms with Gasteiger partial charge >= 0.3 is 6.18 Å². The summed E-state index contributed by atoms with van der Waals surface area (Å²) in [5.41, 5.74) is 4.33. The van der Waals surface area contributed by atoms with Crippen LogP contribution in [0.4, 0.5) is 13.2 Å². The molecule has 0 radical (unpaired) electrons. The van der Waals surface area contributed by atoms with Crippen LogP contribution in [0.5, 0.6) is 0 Å². The van der Waals surface area contributed by atoms with Crippen molar-refractivity contribution in [2.24, 2.45) is 11.7 Å². The van der Waals surface area contributed by atoms with Gasteiger partial charge in [0, 0.05) is 10.6 Å². The zero-order chi connectivity index (χ0) is 25.3. The standard InChI is InChI=1S/C24H21F3N4O2S2/c1-13(29)15(11-28)18(32)12-34-23-30-21-20(14-7-3-2-4-10-19(14)35-21)22(33)31(23)17-9-6-5-8-16(17)24(25,26)27/h5-6,8-9,15H,1-4,7,10,12,29H2/t15-/m0/s1. The van der Waals surface area contributed by atoms with Crippen LogP contribution in [0, 0.1) is 17.2 Å². The molecule has 35 heavy (non-hydrogen) atoms. The number of benzene rings is 1. The third-order valence-corrected chi connectivity index (χ3v) is 7.97. The highest BCUT2D eigenvalue weighted by atomic mass is 32.2. The number of nitrogens with zero attached hydrogens (tertiary/aromatic N) is 3. The number of carbonyl (C=O) groups excluding carboxylic acids is 1. The Kier molecular flexibility index (Phi) is 7.05. The van der Waals surface area contributed by atoms with Crippen molar-refractivity contribution in [2.75, 3.05) is 5.75 Å². The fourth-order valence-electron chi connectivity index (χ4n) is 4.16. The number of hydrogen-bond donors (Lipinski definition) is 1. The van der Waals surface area contributed by atoms with Gasteiger partial charge in [-0.15, -0.1) is 11.3 Å². The maximum atomic E-state index is 13.9. The summed E-state index contributed by atoms with van der Waals surface area (Å²) in [5, 5.41) is 9.49. The van der Waals surface area contributed by atoms with Gasteiger partial charge in [0.1, 0.15) is 10.7 Å². The molecule has 0 bridgehead atoms. The van der Waals surface area contributed by atoms with Gasteiger partial charge in [-0.2, -0.15) is 18.4 Å². The number of ketones is 1. The Balaban J connectivity index is 1.92. The minimum atomic E-state index is -4.71. The fraction of sp³-hybridized carbons (Fsp3) is 0.333. The van der Waals surface area contributed by atoms with Gasteiger partial charge in [-0.05, 0) is 43.4 Å². The Morgan fingerprint density at radius 2 is 2.00 bits per heavy atom. The van der Waals surface area contributed by atoms with E-state index in [4.69, 9.17) is 5.73 Å². The molecule has 0 saturated carbocycles. The highest BCUT2D eigenvalue weighted by molar-refractivity contribution is 7.99. The summed E-state index contributed by atoms with van der Waals surface area (Å²) in [6, 6.07) is 6.56. The summed E-state index contributed by atoms with van der Waals surface area (Å²) < 4.78 is 42.6. The van der Waals surface area contributed by atoms with Crippen LogP contribution < -0.4 is 11.3 Å². The van der Waals surface area contributed by atoms with Crippen molar-refractivity contribution >= 4 is 39.1 Å². The lowest BCUT2D eigenvalue weighted by Crippen LogP contribution is -2.26. The van der Waals surface area contributed by atoms with Gasteiger partial charge < -0.3 is 5.73 Å². The summed E-state index contributed by atoms with van der Waals surface area (Å²) in [6.07, 6.45) is -0.374. The highest BCUT2D eigenvalue weighted by Gasteiger charge is 2.35. The predicted octanol–water partition coefficient (Wildman–Crippen LogP) is 5.01. The number of nitrogens with two attached hydrogens (primary N) is 1. The summed E-state index contributed by atoms with van der Waals surface area (Å²) in [7, 11) is 0. The Labute approximate surface area is 207 Å². The number of aryl methyl sites for hydroxylation is 2. The average Bonchev–Trinajstić information content (AvgIpc) is 2.98. The third-order valence-electron chi connectivity index (χ3n) is 5.82. The van der Waals surface area contributed by atoms with Gasteiger partial charge in [-0.3, -0.25) is 14.2 Å². The number of thioether (sulfide) groups is 1. The van der Waals surface area contributed by atoms with Crippen molar-refractivity contribution in [3.63, 3.8) is 0 Å². The Hall–Kier alpha value is -3.10. The van der Waals surface area contributed by atoms with Crippen LogP contribution in [0.1, 0.15) is 35.3 Å². The van der Waals surface area contributed by atoms with Crippen molar-refractivity contribution < 1.29 is 18.0 Å². The zero-order valence-corrected chi connectivity index (χ0v) is 20.2. The van der Waals surface area contributed by atoms with Crippen LogP contribution >= 0.6 is 23.1 Å². The molecule has 0 unspecified atom stereocenters. The van der Waals surface area contributed by atoms with Gasteiger partial charge in [0.2, 0.25) is 0 Å². The highest BCUT2D eigenvalue weighted by Crippen LogP contribution is 2.37. The minimum absolute atomic E-state index is 0.0525. The Bertz CT molecular complexity index is 1420. The maximum absolute atomic E-state index is 13.9. The van der Waals surface area contributed by atoms with Gasteiger partial charge in [0.25, 0.3) is 5.56 Å². The van der Waals surface area contributed by atoms with E-state index in [9.17, 15) is 28.0 Å². The van der Waals surface area contributed by atoms with E-state index in [0.29, 0.717) is 16.6 Å². The van der Waals surface area contributed by atoms with E-state index in [1.54, 1.807) is 6.07 Å². The van der Waals surface area contributed by atoms with E-state index in [2.05, 4.69) is 11.6 Å². The SMILES string of the molecule is C=C(N)[C@H](C#N)C(=O)CSc1nc2sc3c(c2c(=O)n1-c1ccccc1C(F)(F)F)CCCCC3. The molecule has 4 rings (SSSR count). The first-order chi connectivity index (χ1) is 16.6. The Morgan fingerprint density at radius 3 is 2.69 bits per heavy atom. The molecule has 2 aromatic heterocycles. The van der Waals surface area contributed by atoms with E-state index in [1.165, 1.54) is 29.5 Å². The molecule has 11 heteroatoms. The van der Waals surface area contributed by atoms with Crippen LogP contribution in [0.2, 0.25) is 0 Å². The second-order valence-corrected chi connectivity index (χ2v) is 10.2. The third kappa shape index (κ3) is 4.86. The van der Waals surface area contributed by atoms with Gasteiger partial charge in [0.15, 0.2) is 10.9 Å². The molecular formula is C24H21F3N4O2S2. The van der Waals surface area contributed by atoms with Crippen molar-refractivity contribution in [1.82, 2.24) is 9.55 Å². The molecule has 0 saturated heterocycles. The summed E-state index contributed by atoms with van der Waals surface area (Å²) in [6.45, 7) is 3.44. The first-order valence-corrected chi connectivity index (χ1v) is 12.7. The summed E-state index contributed by atoms with van der Waals surface area (Å²) >= 11 is 2.18. The molecule has 0 aliphatic heterocycles. The lowest BCUT2D eigenvalue weighted by Gasteiger charge is -2.17. The zero-order valence-electron chi connectivity index (χ0n) is 18.5. The molecule has 1 aromatic carbocycles. The quantitative estimate of drug-likeness (QED) is 0.280. The van der Waals surface area contributed by atoms with E-state index in [1.807, 2.05) is 0 Å². The van der Waals surface area contributed by atoms with Gasteiger partial charge in [-0.25, -0.2) is 4.98 Å². The number of thiophene rings is 1. The molecule has 0 amide bonds. The van der Waals surface area contributed by atoms with Crippen LogP contribution in [0.15, 0.2) is 46.5 Å². The minimum Gasteiger partial charge on any atom is -0.401 e. The second-order valence-electron chi connectivity index (χ2n) is 8.19. The molecule has 6 nitrogen and oxygen atoms in total. The van der Waals surface area contributed by atoms with Crippen LogP contribution in [-0.4, -0.2) is 21.1 Å². The number of alkyl halides is 3. The average molecular weight is 519 g/mol. The van der Waals surface area contributed by atoms with Crippen molar-refractivity contribution in [2.45, 2.75) is 43.4 Å². The van der Waals surface area contributed by atoms with Crippen molar-refractivity contribution in [3.8, 4) is 11.8 Å². The Morgan fingerprint density at radius 1 is 1.29 bits per heavy atom. The predicted molar refractivity (Wildman–Crippen MR) is 130 cm³/mol. The molecule has 0 spiro atoms. The number of halogens is 3. The lowest BCUT2D eigenvalue weighted by atomic mass is 10.1. The molecule has 1 aliphatic rings. The lowest BCUT2D eigenvalue weighted by molar-refractivity contribution is -0.137. The van der Waals surface area contributed by atoms with Crippen LogP contribution in [0.25, 0.3) is 15.9 Å². The number of Topliss-reactive ketones (excluding diaryl/α,β-unsaturated/α-hetero) is 1. The van der Waals surface area contributed by atoms with Gasteiger partial charge in [-0.1, -0.05) is 36.9 Å². The van der Waals surface area contributed by atoms with E-state index >= 15 is 0 Å². The van der Waals surface area contributed by atoms with E-state index in [-0.39, 0.29) is 22.3 Å². The largest absolute Gasteiger partial charge is 0.418 e. The topological polar surface area (TPSA) is 102 Å². The number of nitriles is 1. The molecular weight excluding hydrogens is 497 g/mol. The molecule has 2 N–H and O–H groups in total. The first-order valence-electron chi connectivity index (χ1n) is 10.9. The number of aromatic nitrogens is 2. The normalized spacial score (nSPS) is 14.7. The number of rotatable bonds is 6. The van der Waals surface area contributed by atoms with Crippen molar-refractivity contribution in [1.29, 1.82) is 5.26 Å². The van der Waals surface area contributed by atoms with Crippen molar-refractivity contribution in [3.05, 3.63) is 62.9 Å². The van der Waals surface area contributed by atoms with E-state index in [0.717, 1.165) is 58.5 Å². The molecule has 0 fully saturated rings. The number of allylic oxidation sites excluding steroid dienone is 1. The number of para-hydroxylation sites is 1. The number of fused-ring (bicyclic) bond motifs is 3. The number of hydrogen-bond acceptors (Lipinski definition) is 7. The maximum Gasteiger partial charge on any atom is 0.418 e. The molecule has 3 aromatic rings.